The summed E-state index contributed by atoms with van der Waals surface area (Å²) >= 11 is 0. The van der Waals surface area contributed by atoms with Gasteiger partial charge in [0.1, 0.15) is 0 Å². The maximum Gasteiger partial charge on any atom is 0.0620 e. The van der Waals surface area contributed by atoms with Gasteiger partial charge in [0.15, 0.2) is 0 Å². The van der Waals surface area contributed by atoms with Crippen molar-refractivity contribution in [1.29, 1.82) is 0 Å². The summed E-state index contributed by atoms with van der Waals surface area (Å²) in [5.41, 5.74) is 2.68. The largest absolute Gasteiger partial charge is 0.347 e. The Labute approximate surface area is 126 Å². The Hall–Kier alpha value is -2.54. The molecule has 1 nitrogen and oxygen atoms in total. The lowest BCUT2D eigenvalue weighted by molar-refractivity contribution is 0.372. The van der Waals surface area contributed by atoms with E-state index in [0.717, 1.165) is 6.42 Å². The fourth-order valence-corrected chi connectivity index (χ4v) is 2.59. The molecule has 0 amide bonds. The summed E-state index contributed by atoms with van der Waals surface area (Å²) in [6, 6.07) is 21.7. The van der Waals surface area contributed by atoms with Gasteiger partial charge in [-0.25, -0.2) is 0 Å². The van der Waals surface area contributed by atoms with E-state index in [-0.39, 0.29) is 0 Å². The van der Waals surface area contributed by atoms with Crippen LogP contribution in [0.15, 0.2) is 97.4 Å². The molecule has 0 bridgehead atoms. The quantitative estimate of drug-likeness (QED) is 0.768. The minimum Gasteiger partial charge on any atom is -0.347 e. The van der Waals surface area contributed by atoms with Crippen LogP contribution >= 0.6 is 0 Å². The van der Waals surface area contributed by atoms with Crippen LogP contribution in [0.1, 0.15) is 17.2 Å². The minimum atomic E-state index is 0.306. The number of nitrogens with zero attached hydrogens (tertiary/aromatic N) is 1. The molecule has 1 unspecified atom stereocenters. The third-order valence-electron chi connectivity index (χ3n) is 3.67. The first-order valence-corrected chi connectivity index (χ1v) is 7.31. The highest BCUT2D eigenvalue weighted by Crippen LogP contribution is 2.26. The van der Waals surface area contributed by atoms with Crippen LogP contribution in [0.3, 0.4) is 0 Å². The van der Waals surface area contributed by atoms with Crippen molar-refractivity contribution in [3.8, 4) is 0 Å². The van der Waals surface area contributed by atoms with Gasteiger partial charge in [0.25, 0.3) is 0 Å². The molecule has 1 atom stereocenters. The van der Waals surface area contributed by atoms with Crippen LogP contribution < -0.4 is 0 Å². The van der Waals surface area contributed by atoms with Crippen LogP contribution in [-0.2, 0) is 6.42 Å². The van der Waals surface area contributed by atoms with Crippen LogP contribution in [0.4, 0.5) is 0 Å². The molecule has 1 aliphatic heterocycles. The number of rotatable bonds is 4. The summed E-state index contributed by atoms with van der Waals surface area (Å²) in [4.78, 5) is 2.28. The van der Waals surface area contributed by atoms with Crippen LogP contribution in [0, 0.1) is 0 Å². The Balaban J connectivity index is 1.91. The van der Waals surface area contributed by atoms with Crippen molar-refractivity contribution in [2.75, 3.05) is 0 Å². The zero-order valence-corrected chi connectivity index (χ0v) is 12.0. The average Bonchev–Trinajstić information content (AvgIpc) is 2.84. The molecule has 1 aliphatic rings. The number of hydrogen-bond acceptors (Lipinski definition) is 1. The molecule has 2 aromatic carbocycles. The maximum absolute atomic E-state index is 2.28. The molecule has 0 aromatic heterocycles. The van der Waals surface area contributed by atoms with E-state index in [0.29, 0.717) is 6.04 Å². The molecule has 0 saturated heterocycles. The van der Waals surface area contributed by atoms with E-state index in [2.05, 4.69) is 102 Å². The lowest BCUT2D eigenvalue weighted by atomic mass is 9.98. The summed E-state index contributed by atoms with van der Waals surface area (Å²) in [7, 11) is 0. The molecule has 1 heteroatoms. The maximum atomic E-state index is 2.28. The molecular formula is C20H19N. The van der Waals surface area contributed by atoms with Gasteiger partial charge in [-0.1, -0.05) is 72.8 Å². The zero-order chi connectivity index (χ0) is 14.3. The summed E-state index contributed by atoms with van der Waals surface area (Å²) in [6.45, 7) is 0. The molecular weight excluding hydrogens is 254 g/mol. The minimum absolute atomic E-state index is 0.306. The zero-order valence-electron chi connectivity index (χ0n) is 12.0. The lowest BCUT2D eigenvalue weighted by Gasteiger charge is -2.28. The predicted octanol–water partition coefficient (Wildman–Crippen LogP) is 4.87. The standard InChI is InChI=1S/C20H19N/c1-2-10-16-21(15-9-1)20(19-13-7-4-8-14-19)17-18-11-5-3-6-12-18/h1-16,20H,17H2. The molecule has 0 fully saturated rings. The number of hydrogen-bond donors (Lipinski definition) is 0. The van der Waals surface area contributed by atoms with Crippen molar-refractivity contribution in [3.05, 3.63) is 108 Å². The molecule has 21 heavy (non-hydrogen) atoms. The first-order valence-electron chi connectivity index (χ1n) is 7.31. The van der Waals surface area contributed by atoms with E-state index in [1.165, 1.54) is 11.1 Å². The predicted molar refractivity (Wildman–Crippen MR) is 88.6 cm³/mol. The van der Waals surface area contributed by atoms with Gasteiger partial charge in [0.2, 0.25) is 0 Å². The molecule has 0 radical (unpaired) electrons. The second-order valence-corrected chi connectivity index (χ2v) is 5.13. The van der Waals surface area contributed by atoms with Crippen molar-refractivity contribution in [2.45, 2.75) is 12.5 Å². The van der Waals surface area contributed by atoms with Crippen LogP contribution in [-0.4, -0.2) is 4.90 Å². The van der Waals surface area contributed by atoms with Crippen LogP contribution in [0.25, 0.3) is 0 Å². The van der Waals surface area contributed by atoms with Crippen LogP contribution in [0.2, 0.25) is 0 Å². The summed E-state index contributed by atoms with van der Waals surface area (Å²) in [5, 5.41) is 0. The van der Waals surface area contributed by atoms with Crippen molar-refractivity contribution < 1.29 is 0 Å². The number of benzene rings is 2. The SMILES string of the molecule is C1=CC=CN(C(Cc2ccccc2)c2ccccc2)C=C1. The third-order valence-corrected chi connectivity index (χ3v) is 3.67. The van der Waals surface area contributed by atoms with Crippen molar-refractivity contribution in [3.63, 3.8) is 0 Å². The Morgan fingerprint density at radius 1 is 0.667 bits per heavy atom. The van der Waals surface area contributed by atoms with E-state index in [9.17, 15) is 0 Å². The van der Waals surface area contributed by atoms with E-state index in [4.69, 9.17) is 0 Å². The van der Waals surface area contributed by atoms with Crippen molar-refractivity contribution in [2.24, 2.45) is 0 Å². The van der Waals surface area contributed by atoms with Gasteiger partial charge in [0, 0.05) is 12.4 Å². The fourth-order valence-electron chi connectivity index (χ4n) is 2.59. The Bertz CT molecular complexity index is 622. The average molecular weight is 273 g/mol. The van der Waals surface area contributed by atoms with Gasteiger partial charge >= 0.3 is 0 Å². The highest BCUT2D eigenvalue weighted by Gasteiger charge is 2.16. The molecule has 3 rings (SSSR count). The molecule has 0 saturated carbocycles. The van der Waals surface area contributed by atoms with Gasteiger partial charge < -0.3 is 4.90 Å². The van der Waals surface area contributed by atoms with Gasteiger partial charge in [-0.3, -0.25) is 0 Å². The smallest absolute Gasteiger partial charge is 0.0620 e. The van der Waals surface area contributed by atoms with Crippen LogP contribution in [0.5, 0.6) is 0 Å². The second-order valence-electron chi connectivity index (χ2n) is 5.13. The molecule has 0 N–H and O–H groups in total. The molecule has 1 heterocycles. The van der Waals surface area contributed by atoms with Gasteiger partial charge in [-0.15, -0.1) is 0 Å². The second kappa shape index (κ2) is 6.76. The normalized spacial score (nSPS) is 15.0. The molecule has 0 aliphatic carbocycles. The fraction of sp³-hybridized carbons (Fsp3) is 0.100. The van der Waals surface area contributed by atoms with E-state index >= 15 is 0 Å². The number of allylic oxidation sites excluding steroid dienone is 4. The Morgan fingerprint density at radius 3 is 1.86 bits per heavy atom. The summed E-state index contributed by atoms with van der Waals surface area (Å²) in [5.74, 6) is 0. The highest BCUT2D eigenvalue weighted by atomic mass is 15.1. The highest BCUT2D eigenvalue weighted by molar-refractivity contribution is 5.27. The van der Waals surface area contributed by atoms with Gasteiger partial charge in [-0.05, 0) is 29.7 Å². The molecule has 104 valence electrons. The van der Waals surface area contributed by atoms with E-state index < -0.39 is 0 Å². The summed E-state index contributed by atoms with van der Waals surface area (Å²) in [6.07, 6.45) is 13.5. The third kappa shape index (κ3) is 3.51. The monoisotopic (exact) mass is 273 g/mol. The van der Waals surface area contributed by atoms with Gasteiger partial charge in [0.05, 0.1) is 6.04 Å². The first-order chi connectivity index (χ1) is 10.4. The van der Waals surface area contributed by atoms with E-state index in [1.54, 1.807) is 0 Å². The molecule has 2 aromatic rings. The van der Waals surface area contributed by atoms with Crippen molar-refractivity contribution in [1.82, 2.24) is 4.90 Å². The topological polar surface area (TPSA) is 3.24 Å². The van der Waals surface area contributed by atoms with E-state index in [1.807, 2.05) is 0 Å². The Morgan fingerprint density at radius 2 is 1.24 bits per heavy atom. The Kier molecular flexibility index (Phi) is 4.33. The van der Waals surface area contributed by atoms with Crippen molar-refractivity contribution >= 4 is 0 Å². The molecule has 0 spiro atoms. The summed E-state index contributed by atoms with van der Waals surface area (Å²) < 4.78 is 0. The first kappa shape index (κ1) is 13.4. The van der Waals surface area contributed by atoms with Gasteiger partial charge in [-0.2, -0.15) is 0 Å². The lowest BCUT2D eigenvalue weighted by Crippen LogP contribution is -2.20.